The SMILES string of the molecule is Cc1ccc(-c2cc(C(=O)N3CCN(Cc4ccc5c(c4)OCO5)CC3)c3ccccc3n2)cc1C. The van der Waals surface area contributed by atoms with Gasteiger partial charge in [0, 0.05) is 43.7 Å². The van der Waals surface area contributed by atoms with E-state index in [-0.39, 0.29) is 12.7 Å². The second-order valence-corrected chi connectivity index (χ2v) is 9.63. The van der Waals surface area contributed by atoms with Crippen LogP contribution in [0.5, 0.6) is 11.5 Å². The molecular formula is C30H29N3O3. The van der Waals surface area contributed by atoms with E-state index in [0.29, 0.717) is 13.1 Å². The lowest BCUT2D eigenvalue weighted by Crippen LogP contribution is -2.48. The summed E-state index contributed by atoms with van der Waals surface area (Å²) in [6, 6.07) is 22.4. The van der Waals surface area contributed by atoms with Crippen molar-refractivity contribution in [2.75, 3.05) is 33.0 Å². The number of carbonyl (C=O) groups is 1. The fourth-order valence-electron chi connectivity index (χ4n) is 4.98. The molecule has 0 saturated carbocycles. The monoisotopic (exact) mass is 479 g/mol. The molecule has 1 saturated heterocycles. The molecule has 1 fully saturated rings. The Morgan fingerprint density at radius 1 is 0.861 bits per heavy atom. The molecule has 0 spiro atoms. The van der Waals surface area contributed by atoms with Gasteiger partial charge in [-0.25, -0.2) is 4.98 Å². The second kappa shape index (κ2) is 9.28. The van der Waals surface area contributed by atoms with Gasteiger partial charge in [-0.3, -0.25) is 9.69 Å². The molecule has 1 amide bonds. The number of pyridine rings is 1. The van der Waals surface area contributed by atoms with E-state index < -0.39 is 0 Å². The number of hydrogen-bond donors (Lipinski definition) is 0. The van der Waals surface area contributed by atoms with Crippen LogP contribution >= 0.6 is 0 Å². The third kappa shape index (κ3) is 4.29. The molecule has 2 aliphatic rings. The number of benzene rings is 3. The van der Waals surface area contributed by atoms with Crippen molar-refractivity contribution in [2.45, 2.75) is 20.4 Å². The fourth-order valence-corrected chi connectivity index (χ4v) is 4.98. The molecule has 36 heavy (non-hydrogen) atoms. The van der Waals surface area contributed by atoms with Crippen LogP contribution in [0.3, 0.4) is 0 Å². The summed E-state index contributed by atoms with van der Waals surface area (Å²) < 4.78 is 10.9. The number of hydrogen-bond acceptors (Lipinski definition) is 5. The first-order chi connectivity index (χ1) is 17.5. The van der Waals surface area contributed by atoms with Crippen LogP contribution in [0.2, 0.25) is 0 Å². The summed E-state index contributed by atoms with van der Waals surface area (Å²) in [6.07, 6.45) is 0. The van der Waals surface area contributed by atoms with Crippen LogP contribution in [0.15, 0.2) is 66.7 Å². The zero-order valence-corrected chi connectivity index (χ0v) is 20.7. The van der Waals surface area contributed by atoms with Crippen LogP contribution in [0.4, 0.5) is 0 Å². The van der Waals surface area contributed by atoms with Gasteiger partial charge in [-0.05, 0) is 60.9 Å². The highest BCUT2D eigenvalue weighted by molar-refractivity contribution is 6.07. The predicted octanol–water partition coefficient (Wildman–Crippen LogP) is 5.21. The van der Waals surface area contributed by atoms with Crippen molar-refractivity contribution in [2.24, 2.45) is 0 Å². The van der Waals surface area contributed by atoms with Crippen molar-refractivity contribution in [1.29, 1.82) is 0 Å². The summed E-state index contributed by atoms with van der Waals surface area (Å²) in [5.41, 5.74) is 7.09. The number of ether oxygens (including phenoxy) is 2. The van der Waals surface area contributed by atoms with Crippen LogP contribution in [-0.2, 0) is 6.54 Å². The van der Waals surface area contributed by atoms with Gasteiger partial charge in [0.2, 0.25) is 6.79 Å². The van der Waals surface area contributed by atoms with Gasteiger partial charge in [0.1, 0.15) is 0 Å². The van der Waals surface area contributed by atoms with Crippen LogP contribution in [0.25, 0.3) is 22.2 Å². The lowest BCUT2D eigenvalue weighted by atomic mass is 10.00. The molecule has 0 N–H and O–H groups in total. The molecule has 6 heteroatoms. The van der Waals surface area contributed by atoms with Gasteiger partial charge in [-0.15, -0.1) is 0 Å². The van der Waals surface area contributed by atoms with Gasteiger partial charge >= 0.3 is 0 Å². The minimum atomic E-state index is 0.0708. The number of para-hydroxylation sites is 1. The molecule has 6 rings (SSSR count). The minimum absolute atomic E-state index is 0.0708. The van der Waals surface area contributed by atoms with Crippen molar-refractivity contribution >= 4 is 16.8 Å². The zero-order valence-electron chi connectivity index (χ0n) is 20.7. The first-order valence-electron chi connectivity index (χ1n) is 12.4. The molecule has 2 aliphatic heterocycles. The van der Waals surface area contributed by atoms with Gasteiger partial charge in [0.25, 0.3) is 5.91 Å². The Kier molecular flexibility index (Phi) is 5.82. The Balaban J connectivity index is 1.21. The molecular weight excluding hydrogens is 450 g/mol. The van der Waals surface area contributed by atoms with Gasteiger partial charge < -0.3 is 14.4 Å². The number of fused-ring (bicyclic) bond motifs is 2. The summed E-state index contributed by atoms with van der Waals surface area (Å²) in [5.74, 6) is 1.69. The molecule has 182 valence electrons. The van der Waals surface area contributed by atoms with Crippen molar-refractivity contribution < 1.29 is 14.3 Å². The maximum atomic E-state index is 13.8. The zero-order chi connectivity index (χ0) is 24.6. The molecule has 0 atom stereocenters. The van der Waals surface area contributed by atoms with Gasteiger partial charge in [0.15, 0.2) is 11.5 Å². The molecule has 3 aromatic carbocycles. The van der Waals surface area contributed by atoms with Crippen LogP contribution in [-0.4, -0.2) is 53.7 Å². The van der Waals surface area contributed by atoms with Crippen molar-refractivity contribution in [1.82, 2.24) is 14.8 Å². The molecule has 3 heterocycles. The summed E-state index contributed by atoms with van der Waals surface area (Å²) in [4.78, 5) is 23.0. The van der Waals surface area contributed by atoms with Crippen LogP contribution in [0.1, 0.15) is 27.0 Å². The smallest absolute Gasteiger partial charge is 0.254 e. The van der Waals surface area contributed by atoms with E-state index in [1.165, 1.54) is 16.7 Å². The van der Waals surface area contributed by atoms with E-state index in [9.17, 15) is 4.79 Å². The van der Waals surface area contributed by atoms with Gasteiger partial charge in [0.05, 0.1) is 16.8 Å². The maximum absolute atomic E-state index is 13.8. The van der Waals surface area contributed by atoms with Crippen molar-refractivity contribution in [3.63, 3.8) is 0 Å². The number of aryl methyl sites for hydroxylation is 2. The standard InChI is InChI=1S/C30H29N3O3/c1-20-7-9-23(15-21(20)2)27-17-25(24-5-3-4-6-26(24)31-27)30(34)33-13-11-32(12-14-33)18-22-8-10-28-29(16-22)36-19-35-28/h3-10,15-17H,11-14,18-19H2,1-2H3. The number of nitrogens with zero attached hydrogens (tertiary/aromatic N) is 3. The van der Waals surface area contributed by atoms with Crippen molar-refractivity contribution in [3.05, 3.63) is 89.0 Å². The second-order valence-electron chi connectivity index (χ2n) is 9.63. The van der Waals surface area contributed by atoms with E-state index in [2.05, 4.69) is 49.1 Å². The maximum Gasteiger partial charge on any atom is 0.254 e. The number of amides is 1. The topological polar surface area (TPSA) is 54.9 Å². The molecule has 0 unspecified atom stereocenters. The minimum Gasteiger partial charge on any atom is -0.454 e. The van der Waals surface area contributed by atoms with Crippen molar-refractivity contribution in [3.8, 4) is 22.8 Å². The first-order valence-corrected chi connectivity index (χ1v) is 12.4. The fraction of sp³-hybridized carbons (Fsp3) is 0.267. The van der Waals surface area contributed by atoms with E-state index in [1.807, 2.05) is 41.3 Å². The molecule has 0 radical (unpaired) electrons. The van der Waals surface area contributed by atoms with E-state index in [0.717, 1.165) is 58.9 Å². The molecule has 0 aliphatic carbocycles. The first kappa shape index (κ1) is 22.6. The van der Waals surface area contributed by atoms with Gasteiger partial charge in [-0.2, -0.15) is 0 Å². The largest absolute Gasteiger partial charge is 0.454 e. The number of piperazine rings is 1. The summed E-state index contributed by atoms with van der Waals surface area (Å²) in [6.45, 7) is 8.36. The van der Waals surface area contributed by atoms with E-state index in [4.69, 9.17) is 14.5 Å². The Morgan fingerprint density at radius 3 is 2.50 bits per heavy atom. The predicted molar refractivity (Wildman–Crippen MR) is 140 cm³/mol. The average Bonchev–Trinajstić information content (AvgIpc) is 3.38. The Hall–Kier alpha value is -3.90. The molecule has 4 aromatic rings. The highest BCUT2D eigenvalue weighted by Gasteiger charge is 2.25. The number of carbonyl (C=O) groups excluding carboxylic acids is 1. The number of rotatable bonds is 4. The normalized spacial score (nSPS) is 15.4. The summed E-state index contributed by atoms with van der Waals surface area (Å²) in [7, 11) is 0. The molecule has 0 bridgehead atoms. The van der Waals surface area contributed by atoms with Crippen LogP contribution in [0, 0.1) is 13.8 Å². The molecule has 6 nitrogen and oxygen atoms in total. The quantitative estimate of drug-likeness (QED) is 0.402. The third-order valence-corrected chi connectivity index (χ3v) is 7.25. The lowest BCUT2D eigenvalue weighted by Gasteiger charge is -2.35. The molecule has 1 aromatic heterocycles. The Bertz CT molecular complexity index is 1460. The summed E-state index contributed by atoms with van der Waals surface area (Å²) >= 11 is 0. The number of aromatic nitrogens is 1. The van der Waals surface area contributed by atoms with Crippen LogP contribution < -0.4 is 9.47 Å². The highest BCUT2D eigenvalue weighted by atomic mass is 16.7. The Labute approximate surface area is 211 Å². The highest BCUT2D eigenvalue weighted by Crippen LogP contribution is 2.33. The Morgan fingerprint density at radius 2 is 1.67 bits per heavy atom. The van der Waals surface area contributed by atoms with Gasteiger partial charge in [-0.1, -0.05) is 36.4 Å². The average molecular weight is 480 g/mol. The van der Waals surface area contributed by atoms with E-state index >= 15 is 0 Å². The summed E-state index contributed by atoms with van der Waals surface area (Å²) in [5, 5.41) is 0.901. The third-order valence-electron chi connectivity index (χ3n) is 7.25. The lowest BCUT2D eigenvalue weighted by molar-refractivity contribution is 0.0630. The van der Waals surface area contributed by atoms with E-state index in [1.54, 1.807) is 0 Å².